The molecule has 0 aromatic carbocycles. The summed E-state index contributed by atoms with van der Waals surface area (Å²) in [5.74, 6) is 0. The zero-order valence-corrected chi connectivity index (χ0v) is 5.86. The molecule has 0 amide bonds. The number of hydrogen-bond donors (Lipinski definition) is 1. The largest absolute Gasteiger partial charge is 0.380 e. The van der Waals surface area contributed by atoms with Crippen molar-refractivity contribution in [1.29, 1.82) is 0 Å². The standard InChI is InChI=1S/C5H10FNO.ClH/c6-4-1-2-8-3-5(4)7;/h4-5H,1-3,7H2;1H/t4-,5-;/m1./s1. The van der Waals surface area contributed by atoms with E-state index in [0.717, 1.165) is 0 Å². The third-order valence-electron chi connectivity index (χ3n) is 1.31. The van der Waals surface area contributed by atoms with Gasteiger partial charge in [-0.3, -0.25) is 0 Å². The highest BCUT2D eigenvalue weighted by molar-refractivity contribution is 5.85. The Balaban J connectivity index is 0.000000640. The molecule has 0 aliphatic carbocycles. The van der Waals surface area contributed by atoms with Crippen molar-refractivity contribution in [2.75, 3.05) is 13.2 Å². The van der Waals surface area contributed by atoms with Gasteiger partial charge in [-0.2, -0.15) is 0 Å². The van der Waals surface area contributed by atoms with Crippen molar-refractivity contribution in [1.82, 2.24) is 0 Å². The highest BCUT2D eigenvalue weighted by Gasteiger charge is 2.20. The first-order valence-corrected chi connectivity index (χ1v) is 2.78. The van der Waals surface area contributed by atoms with E-state index in [-0.39, 0.29) is 18.4 Å². The fourth-order valence-corrected chi connectivity index (χ4v) is 0.734. The number of ether oxygens (including phenoxy) is 1. The van der Waals surface area contributed by atoms with E-state index in [0.29, 0.717) is 19.6 Å². The second kappa shape index (κ2) is 4.04. The molecule has 2 atom stereocenters. The average molecular weight is 156 g/mol. The maximum Gasteiger partial charge on any atom is 0.120 e. The highest BCUT2D eigenvalue weighted by atomic mass is 35.5. The summed E-state index contributed by atoms with van der Waals surface area (Å²) in [6.45, 7) is 0.899. The Morgan fingerprint density at radius 3 is 2.56 bits per heavy atom. The van der Waals surface area contributed by atoms with Crippen LogP contribution in [0.15, 0.2) is 0 Å². The molecule has 0 aromatic heterocycles. The zero-order chi connectivity index (χ0) is 5.98. The van der Waals surface area contributed by atoms with Gasteiger partial charge in [-0.1, -0.05) is 0 Å². The summed E-state index contributed by atoms with van der Waals surface area (Å²) < 4.78 is 17.3. The Hall–Kier alpha value is 0.140. The van der Waals surface area contributed by atoms with E-state index in [1.807, 2.05) is 0 Å². The molecular formula is C5H11ClFNO. The molecule has 0 unspecified atom stereocenters. The Morgan fingerprint density at radius 1 is 1.56 bits per heavy atom. The first-order chi connectivity index (χ1) is 3.80. The third-order valence-corrected chi connectivity index (χ3v) is 1.31. The molecule has 0 spiro atoms. The number of rotatable bonds is 0. The Morgan fingerprint density at radius 2 is 2.22 bits per heavy atom. The van der Waals surface area contributed by atoms with Crippen LogP contribution in [0.3, 0.4) is 0 Å². The highest BCUT2D eigenvalue weighted by Crippen LogP contribution is 2.08. The van der Waals surface area contributed by atoms with Gasteiger partial charge in [0, 0.05) is 13.0 Å². The molecule has 1 saturated heterocycles. The average Bonchev–Trinajstić information content (AvgIpc) is 1.77. The van der Waals surface area contributed by atoms with Crippen LogP contribution in [0.25, 0.3) is 0 Å². The minimum Gasteiger partial charge on any atom is -0.380 e. The van der Waals surface area contributed by atoms with Gasteiger partial charge in [-0.25, -0.2) is 4.39 Å². The Kier molecular flexibility index (Phi) is 4.10. The monoisotopic (exact) mass is 155 g/mol. The van der Waals surface area contributed by atoms with Crippen LogP contribution in [0.2, 0.25) is 0 Å². The first-order valence-electron chi connectivity index (χ1n) is 2.78. The van der Waals surface area contributed by atoms with Crippen molar-refractivity contribution in [2.45, 2.75) is 18.6 Å². The SMILES string of the molecule is Cl.N[C@@H]1COCC[C@H]1F. The van der Waals surface area contributed by atoms with Crippen LogP contribution in [-0.2, 0) is 4.74 Å². The van der Waals surface area contributed by atoms with Gasteiger partial charge in [0.25, 0.3) is 0 Å². The van der Waals surface area contributed by atoms with Gasteiger partial charge in [-0.05, 0) is 0 Å². The molecular weight excluding hydrogens is 145 g/mol. The number of alkyl halides is 1. The van der Waals surface area contributed by atoms with Crippen LogP contribution in [0.1, 0.15) is 6.42 Å². The van der Waals surface area contributed by atoms with Gasteiger partial charge < -0.3 is 10.5 Å². The van der Waals surface area contributed by atoms with E-state index in [1.165, 1.54) is 0 Å². The summed E-state index contributed by atoms with van der Waals surface area (Å²) in [6, 6.07) is -0.385. The van der Waals surface area contributed by atoms with Crippen molar-refractivity contribution < 1.29 is 9.13 Å². The van der Waals surface area contributed by atoms with E-state index in [9.17, 15) is 4.39 Å². The number of halogens is 2. The number of hydrogen-bond acceptors (Lipinski definition) is 2. The van der Waals surface area contributed by atoms with Gasteiger partial charge >= 0.3 is 0 Å². The molecule has 1 aliphatic rings. The molecule has 2 nitrogen and oxygen atoms in total. The fourth-order valence-electron chi connectivity index (χ4n) is 0.734. The van der Waals surface area contributed by atoms with Gasteiger partial charge in [0.05, 0.1) is 12.6 Å². The van der Waals surface area contributed by atoms with E-state index in [2.05, 4.69) is 0 Å². The summed E-state index contributed by atoms with van der Waals surface area (Å²) in [6.07, 6.45) is -0.384. The second-order valence-electron chi connectivity index (χ2n) is 2.04. The maximum atomic E-state index is 12.4. The fraction of sp³-hybridized carbons (Fsp3) is 1.00. The van der Waals surface area contributed by atoms with Crippen molar-refractivity contribution in [3.8, 4) is 0 Å². The summed E-state index contributed by atoms with van der Waals surface area (Å²) in [7, 11) is 0. The van der Waals surface area contributed by atoms with E-state index in [1.54, 1.807) is 0 Å². The minimum absolute atomic E-state index is 0. The summed E-state index contributed by atoms with van der Waals surface area (Å²) >= 11 is 0. The molecule has 0 saturated carbocycles. The van der Waals surface area contributed by atoms with E-state index < -0.39 is 6.17 Å². The van der Waals surface area contributed by atoms with Crippen molar-refractivity contribution >= 4 is 12.4 Å². The summed E-state index contributed by atoms with van der Waals surface area (Å²) in [5.41, 5.74) is 5.28. The molecule has 2 N–H and O–H groups in total. The molecule has 9 heavy (non-hydrogen) atoms. The molecule has 1 aliphatic heterocycles. The van der Waals surface area contributed by atoms with Gasteiger partial charge in [0.15, 0.2) is 0 Å². The molecule has 56 valence electrons. The van der Waals surface area contributed by atoms with Crippen LogP contribution in [-0.4, -0.2) is 25.4 Å². The lowest BCUT2D eigenvalue weighted by atomic mass is 10.1. The van der Waals surface area contributed by atoms with E-state index >= 15 is 0 Å². The molecule has 0 bridgehead atoms. The van der Waals surface area contributed by atoms with Crippen molar-refractivity contribution in [2.24, 2.45) is 5.73 Å². The quantitative estimate of drug-likeness (QED) is 0.553. The lowest BCUT2D eigenvalue weighted by molar-refractivity contribution is 0.0341. The predicted molar refractivity (Wildman–Crippen MR) is 35.6 cm³/mol. The van der Waals surface area contributed by atoms with Crippen LogP contribution in [0.5, 0.6) is 0 Å². The Bertz CT molecular complexity index is 73.4. The van der Waals surface area contributed by atoms with Crippen molar-refractivity contribution in [3.63, 3.8) is 0 Å². The molecule has 0 aromatic rings. The first kappa shape index (κ1) is 9.14. The molecule has 1 heterocycles. The summed E-state index contributed by atoms with van der Waals surface area (Å²) in [5, 5.41) is 0. The molecule has 1 fully saturated rings. The van der Waals surface area contributed by atoms with E-state index in [4.69, 9.17) is 10.5 Å². The van der Waals surface area contributed by atoms with Gasteiger partial charge in [0.1, 0.15) is 6.17 Å². The zero-order valence-electron chi connectivity index (χ0n) is 5.05. The van der Waals surface area contributed by atoms with Crippen LogP contribution in [0, 0.1) is 0 Å². The normalized spacial score (nSPS) is 35.3. The lowest BCUT2D eigenvalue weighted by Crippen LogP contribution is -2.40. The third kappa shape index (κ3) is 2.47. The van der Waals surface area contributed by atoms with Gasteiger partial charge in [-0.15, -0.1) is 12.4 Å². The Labute approximate surface area is 60.0 Å². The maximum absolute atomic E-state index is 12.4. The molecule has 1 rings (SSSR count). The summed E-state index contributed by atoms with van der Waals surface area (Å²) in [4.78, 5) is 0. The minimum atomic E-state index is -0.844. The predicted octanol–water partition coefficient (Wildman–Crippen LogP) is 0.494. The van der Waals surface area contributed by atoms with Gasteiger partial charge in [0.2, 0.25) is 0 Å². The lowest BCUT2D eigenvalue weighted by Gasteiger charge is -2.21. The molecule has 4 heteroatoms. The number of nitrogens with two attached hydrogens (primary N) is 1. The smallest absolute Gasteiger partial charge is 0.120 e. The second-order valence-corrected chi connectivity index (χ2v) is 2.04. The van der Waals surface area contributed by atoms with Crippen LogP contribution in [0.4, 0.5) is 4.39 Å². The topological polar surface area (TPSA) is 35.2 Å². The van der Waals surface area contributed by atoms with Crippen molar-refractivity contribution in [3.05, 3.63) is 0 Å². The van der Waals surface area contributed by atoms with Crippen LogP contribution >= 0.6 is 12.4 Å². The van der Waals surface area contributed by atoms with Crippen LogP contribution < -0.4 is 5.73 Å². The molecule has 0 radical (unpaired) electrons.